The van der Waals surface area contributed by atoms with Crippen molar-refractivity contribution in [1.29, 1.82) is 0 Å². The molecule has 0 atom stereocenters. The van der Waals surface area contributed by atoms with Gasteiger partial charge in [-0.1, -0.05) is 157 Å². The highest BCUT2D eigenvalue weighted by Gasteiger charge is 2.18. The van der Waals surface area contributed by atoms with E-state index in [1.807, 2.05) is 0 Å². The zero-order valence-corrected chi connectivity index (χ0v) is 28.6. The lowest BCUT2D eigenvalue weighted by Gasteiger charge is -2.16. The second-order valence-corrected chi connectivity index (χ2v) is 13.1. The van der Waals surface area contributed by atoms with Gasteiger partial charge in [-0.3, -0.25) is 4.98 Å². The fourth-order valence-corrected chi connectivity index (χ4v) is 7.65. The van der Waals surface area contributed by atoms with E-state index in [0.29, 0.717) is 16.7 Å². The number of nitrogens with zero attached hydrogens (tertiary/aromatic N) is 2. The monoisotopic (exact) mass is 742 g/mol. The van der Waals surface area contributed by atoms with Crippen LogP contribution in [0.2, 0.25) is 0 Å². The van der Waals surface area contributed by atoms with E-state index in [9.17, 15) is 12.3 Å². The summed E-state index contributed by atoms with van der Waals surface area (Å²) in [4.78, 5) is 8.08. The molecule has 0 unspecified atom stereocenters. The van der Waals surface area contributed by atoms with Crippen molar-refractivity contribution in [2.75, 3.05) is 0 Å². The van der Waals surface area contributed by atoms with E-state index in [0.717, 1.165) is 0 Å². The molecule has 0 fully saturated rings. The van der Waals surface area contributed by atoms with Crippen molar-refractivity contribution in [2.45, 2.75) is 0 Å². The number of fused-ring (bicyclic) bond motifs is 6. The molecular weight excluding hydrogens is 685 g/mol. The van der Waals surface area contributed by atoms with Crippen molar-refractivity contribution in [3.8, 4) is 54.4 Å². The molecule has 55 heavy (non-hydrogen) atoms. The molecule has 11 aromatic rings. The van der Waals surface area contributed by atoms with Gasteiger partial charge in [-0.15, -0.1) is 11.3 Å². The topological polar surface area (TPSA) is 25.8 Å². The fraction of sp³-hybridized carbons (Fsp3) is 0. The van der Waals surface area contributed by atoms with Crippen LogP contribution in [0.3, 0.4) is 0 Å². The second kappa shape index (κ2) is 12.9. The van der Waals surface area contributed by atoms with Crippen LogP contribution < -0.4 is 0 Å². The smallest absolute Gasteiger partial charge is 0.0972 e. The normalized spacial score (nSPS) is 18.3. The Bertz CT molecular complexity index is 4680. The van der Waals surface area contributed by atoms with Gasteiger partial charge in [0, 0.05) is 37.8 Å². The zero-order valence-electron chi connectivity index (χ0n) is 53.8. The summed E-state index contributed by atoms with van der Waals surface area (Å²) in [7, 11) is 0. The number of pyridine rings is 2. The molecule has 0 aliphatic rings. The minimum atomic E-state index is -0.877. The Kier molecular flexibility index (Phi) is 3.53. The highest BCUT2D eigenvalue weighted by molar-refractivity contribution is 7.19. The lowest BCUT2D eigenvalue weighted by Crippen LogP contribution is -1.91. The van der Waals surface area contributed by atoms with Gasteiger partial charge in [0.25, 0.3) is 0 Å². The minimum Gasteiger partial charge on any atom is -0.254 e. The highest BCUT2D eigenvalue weighted by Crippen LogP contribution is 2.47. The van der Waals surface area contributed by atoms with Gasteiger partial charge in [-0.25, -0.2) is 4.98 Å². The molecule has 0 bridgehead atoms. The van der Waals surface area contributed by atoms with Crippen LogP contribution in [0.15, 0.2) is 194 Å². The first-order valence-corrected chi connectivity index (χ1v) is 17.4. The van der Waals surface area contributed by atoms with Gasteiger partial charge in [0.1, 0.15) is 0 Å². The van der Waals surface area contributed by atoms with E-state index in [1.165, 1.54) is 12.1 Å². The maximum absolute atomic E-state index is 9.80. The van der Waals surface area contributed by atoms with E-state index >= 15 is 0 Å². The average Bonchev–Trinajstić information content (AvgIpc) is 2.06. The first-order chi connectivity index (χ1) is 38.1. The number of rotatable bonds is 5. The third-order valence-electron chi connectivity index (χ3n) is 9.10. The van der Waals surface area contributed by atoms with Crippen LogP contribution >= 0.6 is 11.3 Å². The van der Waals surface area contributed by atoms with Gasteiger partial charge >= 0.3 is 0 Å². The molecule has 3 aromatic heterocycles. The quantitative estimate of drug-likeness (QED) is 0.130. The Labute approximate surface area is 359 Å². The average molecular weight is 743 g/mol. The Hall–Kier alpha value is -6.94. The molecule has 2 nitrogen and oxygen atoms in total. The van der Waals surface area contributed by atoms with E-state index in [-0.39, 0.29) is 59.3 Å². The van der Waals surface area contributed by atoms with Gasteiger partial charge < -0.3 is 0 Å². The van der Waals surface area contributed by atoms with Crippen molar-refractivity contribution in [1.82, 2.24) is 9.97 Å². The molecular formula is C52H32N2S. The van der Waals surface area contributed by atoms with Gasteiger partial charge in [0.05, 0.1) is 52.4 Å². The summed E-state index contributed by atoms with van der Waals surface area (Å²) in [5.74, 6) is 0. The molecule has 0 amide bonds. The summed E-state index contributed by atoms with van der Waals surface area (Å²) in [5.41, 5.74) is -2.63. The van der Waals surface area contributed by atoms with E-state index in [1.54, 1.807) is 24.3 Å². The van der Waals surface area contributed by atoms with Crippen molar-refractivity contribution in [3.63, 3.8) is 0 Å². The fourth-order valence-electron chi connectivity index (χ4n) is 6.73. The predicted molar refractivity (Wildman–Crippen MR) is 235 cm³/mol. The van der Waals surface area contributed by atoms with Crippen molar-refractivity contribution >= 4 is 65.5 Å². The van der Waals surface area contributed by atoms with Crippen molar-refractivity contribution < 1.29 is 35.6 Å². The Morgan fingerprint density at radius 1 is 0.418 bits per heavy atom. The molecule has 256 valence electrons. The van der Waals surface area contributed by atoms with Crippen LogP contribution in [0.1, 0.15) is 35.6 Å². The molecule has 3 heteroatoms. The highest BCUT2D eigenvalue weighted by atomic mass is 32.1. The summed E-state index contributed by atoms with van der Waals surface area (Å²) < 4.78 is 233. The third-order valence-corrected chi connectivity index (χ3v) is 10.1. The summed E-state index contributed by atoms with van der Waals surface area (Å²) in [6.45, 7) is 0. The number of thiophene rings is 1. The zero-order chi connectivity index (χ0) is 58.9. The summed E-state index contributed by atoms with van der Waals surface area (Å²) in [5, 5.41) is -2.10. The summed E-state index contributed by atoms with van der Waals surface area (Å²) >= 11 is 0.510. The van der Waals surface area contributed by atoms with E-state index < -0.39 is 201 Å². The molecule has 0 aliphatic heterocycles. The Morgan fingerprint density at radius 2 is 1.02 bits per heavy atom. The van der Waals surface area contributed by atoms with Crippen molar-refractivity contribution in [3.05, 3.63) is 194 Å². The van der Waals surface area contributed by atoms with Crippen LogP contribution in [0.4, 0.5) is 0 Å². The number of hydrogen-bond donors (Lipinski definition) is 0. The Morgan fingerprint density at radius 3 is 1.78 bits per heavy atom. The molecule has 0 aliphatic carbocycles. The lowest BCUT2D eigenvalue weighted by molar-refractivity contribution is 1.37. The lowest BCUT2D eigenvalue weighted by atomic mass is 9.88. The predicted octanol–water partition coefficient (Wildman–Crippen LogP) is 14.6. The first-order valence-electron chi connectivity index (χ1n) is 29.5. The maximum atomic E-state index is 9.80. The second-order valence-electron chi connectivity index (χ2n) is 12.1. The SMILES string of the molecule is [2H]c1nc2c(c([2H])c1[2H])c([2H])c([2H])c1c([2H])c([2H])c(-c3ccc(-c4c([2H])c([2H])c([2H])c(-c5sc(-c6c7c([2H])c([2H])c([2H])c([2H])c7c(-c7c([2H])c([2H])c([2H])c([2H])c7[2H])c7c([2H])c([2H])c([2H])c([2H])c67)c([2H])c5[2H])c4[2H])c4ccccc34)nc12. The third kappa shape index (κ3) is 5.24. The van der Waals surface area contributed by atoms with Crippen LogP contribution in [0.25, 0.3) is 109 Å². The molecule has 3 heterocycles. The molecule has 0 saturated heterocycles. The van der Waals surface area contributed by atoms with Gasteiger partial charge in [-0.2, -0.15) is 0 Å². The molecule has 0 N–H and O–H groups in total. The molecule has 0 spiro atoms. The number of hydrogen-bond acceptors (Lipinski definition) is 3. The van der Waals surface area contributed by atoms with Gasteiger partial charge in [0.15, 0.2) is 0 Å². The summed E-state index contributed by atoms with van der Waals surface area (Å²) in [6, 6.07) is -9.29. The molecule has 11 rings (SSSR count). The van der Waals surface area contributed by atoms with Crippen molar-refractivity contribution in [2.24, 2.45) is 0 Å². The number of benzene rings is 8. The van der Waals surface area contributed by atoms with Gasteiger partial charge in [0.2, 0.25) is 0 Å². The maximum Gasteiger partial charge on any atom is 0.0972 e. The van der Waals surface area contributed by atoms with E-state index in [4.69, 9.17) is 23.3 Å². The molecule has 8 aromatic carbocycles. The van der Waals surface area contributed by atoms with Gasteiger partial charge in [-0.05, 0) is 90.3 Å². The van der Waals surface area contributed by atoms with Crippen LogP contribution in [0.5, 0.6) is 0 Å². The Balaban J connectivity index is 1.20. The molecule has 0 saturated carbocycles. The van der Waals surface area contributed by atoms with Crippen LogP contribution in [-0.2, 0) is 0 Å². The van der Waals surface area contributed by atoms with Crippen LogP contribution in [-0.4, -0.2) is 9.97 Å². The molecule has 0 radical (unpaired) electrons. The van der Waals surface area contributed by atoms with E-state index in [2.05, 4.69) is 9.97 Å². The van der Waals surface area contributed by atoms with Crippen LogP contribution in [0, 0.1) is 0 Å². The summed E-state index contributed by atoms with van der Waals surface area (Å²) in [6.07, 6.45) is -0.622. The first kappa shape index (κ1) is 15.1. The standard InChI is InChI=1S/C52H32N2S/c1-2-12-33(13-3-1)49-42-19-6-8-21-44(42)50(45-22-9-7-20-43(45)49)48-30-29-47(55-48)37-15-10-14-36(32-37)38-26-27-41(40-18-5-4-17-39(38)40)46-28-25-35-24-23-34-16-11-31-53-51(34)52(35)54-46/h1-32H/i1D,2D,3D,6D,7D,8D,9D,10D,11D,12D,13D,14D,15D,16D,19D,20D,21D,22D,23D,24D,25D,28D,29D,30D,31D,32D. The largest absolute Gasteiger partial charge is 0.254 e. The number of aromatic nitrogens is 2. The minimum absolute atomic E-state index is 0.110.